The van der Waals surface area contributed by atoms with Crippen molar-refractivity contribution >= 4 is 0 Å². The first-order chi connectivity index (χ1) is 4.90. The first-order valence-electron chi connectivity index (χ1n) is 4.55. The van der Waals surface area contributed by atoms with Crippen LogP contribution in [0.3, 0.4) is 0 Å². The Kier molecular flexibility index (Phi) is 0.883. The Labute approximate surface area is 61.8 Å². The van der Waals surface area contributed by atoms with E-state index in [0.717, 1.165) is 30.0 Å². The third-order valence-corrected chi connectivity index (χ3v) is 3.76. The number of fused-ring (bicyclic) bond motifs is 5. The Morgan fingerprint density at radius 1 is 1.30 bits per heavy atom. The van der Waals surface area contributed by atoms with Crippen LogP contribution in [0.4, 0.5) is 0 Å². The largest absolute Gasteiger partial charge is 0.369 e. The second kappa shape index (κ2) is 1.58. The van der Waals surface area contributed by atoms with Crippen molar-refractivity contribution in [2.75, 3.05) is 0 Å². The summed E-state index contributed by atoms with van der Waals surface area (Å²) in [5.41, 5.74) is 0. The molecule has 10 heavy (non-hydrogen) atoms. The van der Waals surface area contributed by atoms with Gasteiger partial charge in [-0.2, -0.15) is 0 Å². The van der Waals surface area contributed by atoms with E-state index in [2.05, 4.69) is 6.92 Å². The summed E-state index contributed by atoms with van der Waals surface area (Å²) in [7, 11) is 0. The number of ether oxygens (including phenoxy) is 1. The Balaban J connectivity index is 1.85. The molecule has 56 valence electrons. The van der Waals surface area contributed by atoms with Gasteiger partial charge in [-0.15, -0.1) is 0 Å². The predicted octanol–water partition coefficient (Wildman–Crippen LogP) is 1.82. The Hall–Kier alpha value is -0.0400. The lowest BCUT2D eigenvalue weighted by Gasteiger charge is -2.16. The zero-order chi connectivity index (χ0) is 6.72. The minimum Gasteiger partial charge on any atom is -0.369 e. The molecule has 0 N–H and O–H groups in total. The minimum atomic E-state index is 0.726. The topological polar surface area (TPSA) is 12.5 Å². The van der Waals surface area contributed by atoms with Gasteiger partial charge in [0, 0.05) is 0 Å². The van der Waals surface area contributed by atoms with E-state index in [9.17, 15) is 0 Å². The van der Waals surface area contributed by atoms with Crippen LogP contribution in [0, 0.1) is 17.8 Å². The van der Waals surface area contributed by atoms with Crippen molar-refractivity contribution in [3.63, 3.8) is 0 Å². The molecule has 1 heterocycles. The summed E-state index contributed by atoms with van der Waals surface area (Å²) in [5.74, 6) is 2.97. The predicted molar refractivity (Wildman–Crippen MR) is 38.7 cm³/mol. The lowest BCUT2D eigenvalue weighted by atomic mass is 9.87. The normalized spacial score (nSPS) is 62.7. The van der Waals surface area contributed by atoms with Gasteiger partial charge in [-0.1, -0.05) is 13.3 Å². The maximum Gasteiger partial charge on any atom is 0.0875 e. The Morgan fingerprint density at radius 2 is 2.20 bits per heavy atom. The molecule has 0 aromatic rings. The number of rotatable bonds is 1. The number of hydrogen-bond donors (Lipinski definition) is 0. The second-order valence-electron chi connectivity index (χ2n) is 4.13. The molecule has 3 aliphatic rings. The van der Waals surface area contributed by atoms with Crippen LogP contribution in [-0.2, 0) is 4.74 Å². The summed E-state index contributed by atoms with van der Waals surface area (Å²) in [4.78, 5) is 0. The van der Waals surface area contributed by atoms with Gasteiger partial charge >= 0.3 is 0 Å². The quantitative estimate of drug-likeness (QED) is 0.503. The van der Waals surface area contributed by atoms with Gasteiger partial charge in [-0.05, 0) is 30.6 Å². The van der Waals surface area contributed by atoms with E-state index in [0.29, 0.717) is 0 Å². The molecule has 3 fully saturated rings. The molecule has 2 aliphatic carbocycles. The molecule has 1 heteroatoms. The van der Waals surface area contributed by atoms with Crippen LogP contribution >= 0.6 is 0 Å². The summed E-state index contributed by atoms with van der Waals surface area (Å²) in [6.07, 6.45) is 5.81. The molecule has 0 radical (unpaired) electrons. The molecule has 5 atom stereocenters. The fourth-order valence-corrected chi connectivity index (χ4v) is 3.20. The van der Waals surface area contributed by atoms with Crippen molar-refractivity contribution in [3.05, 3.63) is 0 Å². The van der Waals surface area contributed by atoms with Crippen LogP contribution in [-0.4, -0.2) is 12.2 Å². The average molecular weight is 138 g/mol. The van der Waals surface area contributed by atoms with Gasteiger partial charge in [0.15, 0.2) is 0 Å². The summed E-state index contributed by atoms with van der Waals surface area (Å²) >= 11 is 0. The highest BCUT2D eigenvalue weighted by atomic mass is 16.6. The highest BCUT2D eigenvalue weighted by Gasteiger charge is 2.62. The van der Waals surface area contributed by atoms with Gasteiger partial charge in [0.1, 0.15) is 0 Å². The van der Waals surface area contributed by atoms with Crippen molar-refractivity contribution in [2.45, 2.75) is 38.4 Å². The Morgan fingerprint density at radius 3 is 2.80 bits per heavy atom. The maximum atomic E-state index is 5.57. The third-order valence-electron chi connectivity index (χ3n) is 3.76. The number of hydrogen-bond acceptors (Lipinski definition) is 1. The molecule has 2 bridgehead atoms. The SMILES string of the molecule is CC[C@H]1C[C@@H]2C[C@H]1[C@@H]1O[C@H]21. The Bertz CT molecular complexity index is 166. The summed E-state index contributed by atoms with van der Waals surface area (Å²) < 4.78 is 5.57. The smallest absolute Gasteiger partial charge is 0.0875 e. The van der Waals surface area contributed by atoms with E-state index in [1.807, 2.05) is 0 Å². The zero-order valence-electron chi connectivity index (χ0n) is 6.42. The van der Waals surface area contributed by atoms with Crippen molar-refractivity contribution in [1.82, 2.24) is 0 Å². The van der Waals surface area contributed by atoms with Crippen LogP contribution in [0.15, 0.2) is 0 Å². The van der Waals surface area contributed by atoms with E-state index in [1.165, 1.54) is 19.3 Å². The monoisotopic (exact) mass is 138 g/mol. The fourth-order valence-electron chi connectivity index (χ4n) is 3.20. The lowest BCUT2D eigenvalue weighted by molar-refractivity contribution is 0.249. The summed E-state index contributed by atoms with van der Waals surface area (Å²) in [6.45, 7) is 2.32. The molecule has 1 nitrogen and oxygen atoms in total. The van der Waals surface area contributed by atoms with Crippen LogP contribution in [0.5, 0.6) is 0 Å². The van der Waals surface area contributed by atoms with Crippen LogP contribution in [0.25, 0.3) is 0 Å². The molecule has 0 aromatic heterocycles. The molecular formula is C9H14O. The molecule has 1 saturated heterocycles. The van der Waals surface area contributed by atoms with Crippen molar-refractivity contribution in [1.29, 1.82) is 0 Å². The van der Waals surface area contributed by atoms with Crippen LogP contribution in [0.1, 0.15) is 26.2 Å². The van der Waals surface area contributed by atoms with Gasteiger partial charge in [-0.25, -0.2) is 0 Å². The van der Waals surface area contributed by atoms with E-state index in [-0.39, 0.29) is 0 Å². The lowest BCUT2D eigenvalue weighted by Crippen LogP contribution is -2.16. The molecule has 3 rings (SSSR count). The van der Waals surface area contributed by atoms with E-state index in [4.69, 9.17) is 4.74 Å². The van der Waals surface area contributed by atoms with Gasteiger partial charge < -0.3 is 4.74 Å². The van der Waals surface area contributed by atoms with Crippen molar-refractivity contribution in [2.24, 2.45) is 17.8 Å². The first-order valence-corrected chi connectivity index (χ1v) is 4.55. The zero-order valence-corrected chi connectivity index (χ0v) is 6.42. The summed E-state index contributed by atoms with van der Waals surface area (Å²) in [6, 6.07) is 0. The van der Waals surface area contributed by atoms with Crippen LogP contribution in [0.2, 0.25) is 0 Å². The van der Waals surface area contributed by atoms with E-state index >= 15 is 0 Å². The molecule has 2 saturated carbocycles. The molecule has 0 aromatic carbocycles. The fraction of sp³-hybridized carbons (Fsp3) is 1.00. The number of epoxide rings is 1. The van der Waals surface area contributed by atoms with Crippen molar-refractivity contribution < 1.29 is 4.74 Å². The molecule has 0 amide bonds. The van der Waals surface area contributed by atoms with Gasteiger partial charge in [0.2, 0.25) is 0 Å². The van der Waals surface area contributed by atoms with Gasteiger partial charge in [-0.3, -0.25) is 0 Å². The highest BCUT2D eigenvalue weighted by Crippen LogP contribution is 2.59. The molecule has 0 unspecified atom stereocenters. The van der Waals surface area contributed by atoms with E-state index < -0.39 is 0 Å². The van der Waals surface area contributed by atoms with Crippen LogP contribution < -0.4 is 0 Å². The first kappa shape index (κ1) is 5.59. The van der Waals surface area contributed by atoms with Gasteiger partial charge in [0.25, 0.3) is 0 Å². The molecule has 1 aliphatic heterocycles. The average Bonchev–Trinajstić information content (AvgIpc) is 2.58. The third kappa shape index (κ3) is 0.493. The minimum absolute atomic E-state index is 0.726. The molecule has 0 spiro atoms. The van der Waals surface area contributed by atoms with E-state index in [1.54, 1.807) is 0 Å². The maximum absolute atomic E-state index is 5.57. The standard InChI is InChI=1S/C9H14O/c1-2-5-3-6-4-7(5)9-8(6)10-9/h5-9H,2-4H2,1H3/t5-,6+,7+,8+,9-/m0/s1. The summed E-state index contributed by atoms with van der Waals surface area (Å²) in [5, 5.41) is 0. The molecular weight excluding hydrogens is 124 g/mol. The highest BCUT2D eigenvalue weighted by molar-refractivity contribution is 5.10. The van der Waals surface area contributed by atoms with Crippen molar-refractivity contribution in [3.8, 4) is 0 Å². The van der Waals surface area contributed by atoms with Gasteiger partial charge in [0.05, 0.1) is 12.2 Å². The second-order valence-corrected chi connectivity index (χ2v) is 4.13.